The molecule has 0 amide bonds. The summed E-state index contributed by atoms with van der Waals surface area (Å²) in [4.78, 5) is 22.7. The van der Waals surface area contributed by atoms with Crippen LogP contribution in [0.1, 0.15) is 22.0 Å². The second kappa shape index (κ2) is 4.95. The second-order valence-corrected chi connectivity index (χ2v) is 7.01. The number of aryl methyl sites for hydroxylation is 3. The van der Waals surface area contributed by atoms with Gasteiger partial charge in [0.2, 0.25) is 0 Å². The number of thiophene rings is 1. The highest BCUT2D eigenvalue weighted by atomic mass is 35.5. The lowest BCUT2D eigenvalue weighted by Gasteiger charge is -2.04. The van der Waals surface area contributed by atoms with Gasteiger partial charge in [-0.1, -0.05) is 22.9 Å². The number of hydrogen-bond donors (Lipinski definition) is 0. The van der Waals surface area contributed by atoms with Crippen LogP contribution in [-0.4, -0.2) is 14.5 Å². The van der Waals surface area contributed by atoms with Gasteiger partial charge in [0, 0.05) is 16.0 Å². The van der Waals surface area contributed by atoms with Crippen LogP contribution in [0.4, 0.5) is 0 Å². The molecular weight excluding hydrogens is 314 g/mol. The van der Waals surface area contributed by atoms with Crippen molar-refractivity contribution in [1.29, 1.82) is 0 Å². The molecule has 0 N–H and O–H groups in total. The van der Waals surface area contributed by atoms with Crippen molar-refractivity contribution in [1.82, 2.24) is 14.5 Å². The first-order chi connectivity index (χ1) is 9.47. The Morgan fingerprint density at radius 1 is 1.30 bits per heavy atom. The summed E-state index contributed by atoms with van der Waals surface area (Å²) in [6.07, 6.45) is 0. The zero-order valence-corrected chi connectivity index (χ0v) is 13.6. The van der Waals surface area contributed by atoms with Crippen molar-refractivity contribution in [2.45, 2.75) is 27.3 Å². The highest BCUT2D eigenvalue weighted by Gasteiger charge is 2.14. The predicted octanol–water partition coefficient (Wildman–Crippen LogP) is 3.54. The van der Waals surface area contributed by atoms with Gasteiger partial charge in [-0.3, -0.25) is 9.36 Å². The van der Waals surface area contributed by atoms with Crippen LogP contribution in [0.15, 0.2) is 10.2 Å². The van der Waals surface area contributed by atoms with E-state index >= 15 is 0 Å². The first-order valence-electron chi connectivity index (χ1n) is 6.04. The zero-order chi connectivity index (χ0) is 14.4. The highest BCUT2D eigenvalue weighted by Crippen LogP contribution is 2.32. The summed E-state index contributed by atoms with van der Waals surface area (Å²) < 4.78 is 1.66. The van der Waals surface area contributed by atoms with Crippen LogP contribution in [-0.2, 0) is 6.54 Å². The lowest BCUT2D eigenvalue weighted by atomic mass is 10.2. The van der Waals surface area contributed by atoms with E-state index in [-0.39, 0.29) is 4.87 Å². The van der Waals surface area contributed by atoms with Crippen molar-refractivity contribution in [3.8, 4) is 0 Å². The molecule has 0 unspecified atom stereocenters. The smallest absolute Gasteiger partial charge is 0.296 e. The molecule has 104 valence electrons. The Hall–Kier alpha value is -1.24. The lowest BCUT2D eigenvalue weighted by molar-refractivity contribution is 0.716. The number of nitrogens with zero attached hydrogens (tertiary/aromatic N) is 3. The van der Waals surface area contributed by atoms with Crippen molar-refractivity contribution < 1.29 is 0 Å². The van der Waals surface area contributed by atoms with Gasteiger partial charge in [0.05, 0.1) is 11.9 Å². The average molecular weight is 326 g/mol. The average Bonchev–Trinajstić information content (AvgIpc) is 2.84. The van der Waals surface area contributed by atoms with Crippen LogP contribution in [0.25, 0.3) is 10.2 Å². The van der Waals surface area contributed by atoms with Gasteiger partial charge in [-0.25, -0.2) is 9.97 Å². The van der Waals surface area contributed by atoms with E-state index in [4.69, 9.17) is 11.6 Å². The van der Waals surface area contributed by atoms with Crippen molar-refractivity contribution in [2.24, 2.45) is 0 Å². The van der Waals surface area contributed by atoms with E-state index in [2.05, 4.69) is 9.97 Å². The minimum atomic E-state index is 0.000796. The van der Waals surface area contributed by atoms with E-state index < -0.39 is 0 Å². The molecule has 4 nitrogen and oxygen atoms in total. The molecule has 0 spiro atoms. The third-order valence-electron chi connectivity index (χ3n) is 3.31. The Bertz CT molecular complexity index is 862. The molecule has 0 fully saturated rings. The maximum atomic E-state index is 11.7. The van der Waals surface area contributed by atoms with Gasteiger partial charge in [-0.05, 0) is 26.3 Å². The minimum absolute atomic E-state index is 0.000796. The fraction of sp³-hybridized carbons (Fsp3) is 0.308. The minimum Gasteiger partial charge on any atom is -0.296 e. The molecule has 0 saturated carbocycles. The first kappa shape index (κ1) is 13.7. The number of hydrogen-bond acceptors (Lipinski definition) is 5. The lowest BCUT2D eigenvalue weighted by Crippen LogP contribution is -2.17. The highest BCUT2D eigenvalue weighted by molar-refractivity contribution is 7.18. The number of rotatable bonds is 2. The third-order valence-corrected chi connectivity index (χ3v) is 5.56. The monoisotopic (exact) mass is 325 g/mol. The Balaban J connectivity index is 2.12. The van der Waals surface area contributed by atoms with Gasteiger partial charge in [0.1, 0.15) is 9.98 Å². The van der Waals surface area contributed by atoms with E-state index in [0.717, 1.165) is 21.5 Å². The topological polar surface area (TPSA) is 47.8 Å². The number of fused-ring (bicyclic) bond motifs is 1. The number of aromatic nitrogens is 3. The van der Waals surface area contributed by atoms with E-state index in [0.29, 0.717) is 17.5 Å². The molecular formula is C13H12ClN3OS2. The van der Waals surface area contributed by atoms with Gasteiger partial charge >= 0.3 is 4.87 Å². The van der Waals surface area contributed by atoms with Gasteiger partial charge < -0.3 is 0 Å². The molecule has 0 aliphatic rings. The number of thiazole rings is 1. The molecule has 3 rings (SSSR count). The summed E-state index contributed by atoms with van der Waals surface area (Å²) in [5, 5.41) is 3.22. The Labute approximate surface area is 128 Å². The fourth-order valence-electron chi connectivity index (χ4n) is 2.05. The largest absolute Gasteiger partial charge is 0.307 e. The van der Waals surface area contributed by atoms with Crippen LogP contribution >= 0.6 is 34.3 Å². The summed E-state index contributed by atoms with van der Waals surface area (Å²) in [7, 11) is 0. The molecule has 7 heteroatoms. The van der Waals surface area contributed by atoms with Crippen LogP contribution in [0.2, 0.25) is 5.15 Å². The van der Waals surface area contributed by atoms with E-state index in [1.807, 2.05) is 26.2 Å². The molecule has 0 atom stereocenters. The molecule has 3 aromatic heterocycles. The maximum Gasteiger partial charge on any atom is 0.307 e. The molecule has 0 aromatic carbocycles. The standard InChI is InChI=1S/C13H12ClN3OS2/c1-6-5-19-13(18)17(6)4-9-15-11(14)10-7(2)8(3)20-12(10)16-9/h5H,4H2,1-3H3. The Morgan fingerprint density at radius 2 is 2.05 bits per heavy atom. The zero-order valence-electron chi connectivity index (χ0n) is 11.2. The molecule has 0 saturated heterocycles. The van der Waals surface area contributed by atoms with Crippen molar-refractivity contribution in [3.05, 3.63) is 42.2 Å². The summed E-state index contributed by atoms with van der Waals surface area (Å²) in [6, 6.07) is 0. The van der Waals surface area contributed by atoms with E-state index in [1.165, 1.54) is 16.2 Å². The summed E-state index contributed by atoms with van der Waals surface area (Å²) in [5.41, 5.74) is 2.05. The molecule has 0 aliphatic carbocycles. The van der Waals surface area contributed by atoms with Gasteiger partial charge in [-0.15, -0.1) is 11.3 Å². The summed E-state index contributed by atoms with van der Waals surface area (Å²) in [6.45, 7) is 6.33. The third kappa shape index (κ3) is 2.17. The maximum absolute atomic E-state index is 11.7. The Kier molecular flexibility index (Phi) is 3.40. The molecule has 20 heavy (non-hydrogen) atoms. The summed E-state index contributed by atoms with van der Waals surface area (Å²) >= 11 is 9.07. The van der Waals surface area contributed by atoms with E-state index in [1.54, 1.807) is 15.9 Å². The van der Waals surface area contributed by atoms with Gasteiger partial charge in [-0.2, -0.15) is 0 Å². The fourth-order valence-corrected chi connectivity index (χ4v) is 4.22. The van der Waals surface area contributed by atoms with Crippen molar-refractivity contribution in [3.63, 3.8) is 0 Å². The second-order valence-electron chi connectivity index (χ2n) is 4.62. The predicted molar refractivity (Wildman–Crippen MR) is 84.3 cm³/mol. The first-order valence-corrected chi connectivity index (χ1v) is 8.12. The van der Waals surface area contributed by atoms with Crippen molar-refractivity contribution >= 4 is 44.5 Å². The Morgan fingerprint density at radius 3 is 2.70 bits per heavy atom. The SMILES string of the molecule is Cc1sc2nc(Cn3c(C)csc3=O)nc(Cl)c2c1C. The molecule has 3 aromatic rings. The summed E-state index contributed by atoms with van der Waals surface area (Å²) in [5.74, 6) is 0.576. The molecule has 0 bridgehead atoms. The van der Waals surface area contributed by atoms with Crippen LogP contribution in [0.3, 0.4) is 0 Å². The molecule has 3 heterocycles. The van der Waals surface area contributed by atoms with E-state index in [9.17, 15) is 4.79 Å². The molecule has 0 aliphatic heterocycles. The normalized spacial score (nSPS) is 11.4. The van der Waals surface area contributed by atoms with Crippen molar-refractivity contribution in [2.75, 3.05) is 0 Å². The van der Waals surface area contributed by atoms with Crippen LogP contribution < -0.4 is 4.87 Å². The van der Waals surface area contributed by atoms with Gasteiger partial charge in [0.25, 0.3) is 0 Å². The van der Waals surface area contributed by atoms with Gasteiger partial charge in [0.15, 0.2) is 5.82 Å². The van der Waals surface area contributed by atoms with Crippen LogP contribution in [0.5, 0.6) is 0 Å². The quantitative estimate of drug-likeness (QED) is 0.677. The number of halogens is 1. The van der Waals surface area contributed by atoms with Crippen LogP contribution in [0, 0.1) is 20.8 Å². The molecule has 0 radical (unpaired) electrons.